The Morgan fingerprint density at radius 2 is 1.96 bits per heavy atom. The number of ether oxygens (including phenoxy) is 1. The van der Waals surface area contributed by atoms with Crippen molar-refractivity contribution in [2.24, 2.45) is 0 Å². The van der Waals surface area contributed by atoms with Gasteiger partial charge in [-0.15, -0.1) is 10.2 Å². The number of hydrogen-bond donors (Lipinski definition) is 2. The Morgan fingerprint density at radius 3 is 2.75 bits per heavy atom. The van der Waals surface area contributed by atoms with Crippen molar-refractivity contribution < 1.29 is 9.53 Å². The van der Waals surface area contributed by atoms with Crippen LogP contribution in [0.15, 0.2) is 48.5 Å². The number of carbonyl (C=O) groups excluding carboxylic acids is 1. The number of nitrogens with zero attached hydrogens (tertiary/aromatic N) is 2. The van der Waals surface area contributed by atoms with Gasteiger partial charge < -0.3 is 10.1 Å². The van der Waals surface area contributed by atoms with E-state index in [1.165, 1.54) is 11.3 Å². The van der Waals surface area contributed by atoms with Gasteiger partial charge in [0.05, 0.1) is 7.11 Å². The molecule has 0 radical (unpaired) electrons. The van der Waals surface area contributed by atoms with Crippen LogP contribution < -0.4 is 15.4 Å². The van der Waals surface area contributed by atoms with Crippen molar-refractivity contribution in [3.63, 3.8) is 0 Å². The monoisotopic (exact) mass is 360 g/mol. The number of methoxy groups -OCH3 is 1. The summed E-state index contributed by atoms with van der Waals surface area (Å²) in [4.78, 5) is 12.0. The summed E-state index contributed by atoms with van der Waals surface area (Å²) in [5.41, 5.74) is 1.47. The van der Waals surface area contributed by atoms with Crippen LogP contribution in [0.2, 0.25) is 5.02 Å². The van der Waals surface area contributed by atoms with Crippen LogP contribution in [-0.2, 0) is 0 Å². The first-order valence-electron chi connectivity index (χ1n) is 6.95. The molecule has 0 aliphatic carbocycles. The number of aromatic nitrogens is 2. The van der Waals surface area contributed by atoms with Crippen molar-refractivity contribution in [1.82, 2.24) is 10.2 Å². The van der Waals surface area contributed by atoms with Crippen molar-refractivity contribution >= 4 is 39.8 Å². The molecule has 0 unspecified atom stereocenters. The average Bonchev–Trinajstić information content (AvgIpc) is 3.03. The zero-order chi connectivity index (χ0) is 16.9. The van der Waals surface area contributed by atoms with E-state index in [1.54, 1.807) is 43.5 Å². The molecule has 2 N–H and O–H groups in total. The second-order valence-electron chi connectivity index (χ2n) is 4.73. The number of hydrogen-bond acceptors (Lipinski definition) is 5. The lowest BCUT2D eigenvalue weighted by molar-refractivity contribution is 0.262. The molecule has 3 rings (SSSR count). The molecule has 0 fully saturated rings. The van der Waals surface area contributed by atoms with Crippen LogP contribution in [0.4, 0.5) is 15.6 Å². The fraction of sp³-hybridized carbons (Fsp3) is 0.0625. The standard InChI is InChI=1S/C16H13ClN4O2S/c1-23-13-7-3-6-12(9-13)18-15(22)19-16-21-20-14(24-16)10-4-2-5-11(17)8-10/h2-9H,1H3,(H2,18,19,21,22). The maximum atomic E-state index is 12.0. The molecule has 24 heavy (non-hydrogen) atoms. The summed E-state index contributed by atoms with van der Waals surface area (Å²) < 4.78 is 5.11. The summed E-state index contributed by atoms with van der Waals surface area (Å²) in [5, 5.41) is 15.1. The first-order valence-corrected chi connectivity index (χ1v) is 8.15. The Labute approximate surface area is 147 Å². The van der Waals surface area contributed by atoms with Crippen molar-refractivity contribution in [2.75, 3.05) is 17.7 Å². The number of urea groups is 1. The Bertz CT molecular complexity index is 869. The lowest BCUT2D eigenvalue weighted by Gasteiger charge is -2.06. The molecule has 0 aliphatic heterocycles. The Balaban J connectivity index is 1.67. The van der Waals surface area contributed by atoms with Gasteiger partial charge in [0.25, 0.3) is 0 Å². The van der Waals surface area contributed by atoms with Crippen molar-refractivity contribution in [3.8, 4) is 16.3 Å². The zero-order valence-electron chi connectivity index (χ0n) is 12.6. The van der Waals surface area contributed by atoms with Crippen LogP contribution in [0.5, 0.6) is 5.75 Å². The maximum Gasteiger partial charge on any atom is 0.325 e. The van der Waals surface area contributed by atoms with Crippen LogP contribution in [0.1, 0.15) is 0 Å². The van der Waals surface area contributed by atoms with E-state index < -0.39 is 6.03 Å². The fourth-order valence-electron chi connectivity index (χ4n) is 1.97. The molecule has 6 nitrogen and oxygen atoms in total. The Kier molecular flexibility index (Phi) is 4.93. The first-order chi connectivity index (χ1) is 11.6. The Morgan fingerprint density at radius 1 is 1.12 bits per heavy atom. The minimum atomic E-state index is -0.406. The van der Waals surface area contributed by atoms with E-state index >= 15 is 0 Å². The van der Waals surface area contributed by atoms with Gasteiger partial charge in [-0.2, -0.15) is 0 Å². The molecule has 0 atom stereocenters. The van der Waals surface area contributed by atoms with Gasteiger partial charge in [-0.3, -0.25) is 5.32 Å². The van der Waals surface area contributed by atoms with Crippen molar-refractivity contribution in [3.05, 3.63) is 53.6 Å². The van der Waals surface area contributed by atoms with E-state index in [4.69, 9.17) is 16.3 Å². The largest absolute Gasteiger partial charge is 0.497 e. The molecular weight excluding hydrogens is 348 g/mol. The van der Waals surface area contributed by atoms with E-state index in [0.29, 0.717) is 26.6 Å². The van der Waals surface area contributed by atoms with Crippen molar-refractivity contribution in [2.45, 2.75) is 0 Å². The smallest absolute Gasteiger partial charge is 0.325 e. The summed E-state index contributed by atoms with van der Waals surface area (Å²) in [6.45, 7) is 0. The van der Waals surface area contributed by atoms with Crippen LogP contribution >= 0.6 is 22.9 Å². The van der Waals surface area contributed by atoms with Gasteiger partial charge in [-0.25, -0.2) is 4.79 Å². The summed E-state index contributed by atoms with van der Waals surface area (Å²) in [7, 11) is 1.57. The average molecular weight is 361 g/mol. The lowest BCUT2D eigenvalue weighted by atomic mass is 10.2. The molecule has 2 aromatic carbocycles. The quantitative estimate of drug-likeness (QED) is 0.717. The molecule has 0 aliphatic rings. The minimum Gasteiger partial charge on any atom is -0.497 e. The van der Waals surface area contributed by atoms with Gasteiger partial charge in [-0.1, -0.05) is 41.1 Å². The highest BCUT2D eigenvalue weighted by atomic mass is 35.5. The summed E-state index contributed by atoms with van der Waals surface area (Å²) in [5.74, 6) is 0.659. The Hall–Kier alpha value is -2.64. The molecule has 122 valence electrons. The second-order valence-corrected chi connectivity index (χ2v) is 6.15. The third-order valence-electron chi connectivity index (χ3n) is 3.04. The van der Waals surface area contributed by atoms with E-state index in [-0.39, 0.29) is 0 Å². The zero-order valence-corrected chi connectivity index (χ0v) is 14.2. The summed E-state index contributed by atoms with van der Waals surface area (Å²) in [6, 6.07) is 14.0. The van der Waals surface area contributed by atoms with Gasteiger partial charge in [0.1, 0.15) is 10.8 Å². The molecule has 0 saturated carbocycles. The van der Waals surface area contributed by atoms with E-state index in [2.05, 4.69) is 20.8 Å². The van der Waals surface area contributed by atoms with Gasteiger partial charge in [0, 0.05) is 22.3 Å². The molecule has 1 heterocycles. The van der Waals surface area contributed by atoms with Gasteiger partial charge in [-0.05, 0) is 24.3 Å². The predicted molar refractivity (Wildman–Crippen MR) is 96.0 cm³/mol. The second kappa shape index (κ2) is 7.29. The topological polar surface area (TPSA) is 76.1 Å². The molecule has 8 heteroatoms. The maximum absolute atomic E-state index is 12.0. The van der Waals surface area contributed by atoms with Crippen LogP contribution in [0.3, 0.4) is 0 Å². The predicted octanol–water partition coefficient (Wildman–Crippen LogP) is 4.51. The number of carbonyl (C=O) groups is 1. The van der Waals surface area contributed by atoms with Crippen LogP contribution in [0, 0.1) is 0 Å². The first kappa shape index (κ1) is 16.2. The van der Waals surface area contributed by atoms with Gasteiger partial charge in [0.15, 0.2) is 0 Å². The molecule has 0 saturated heterocycles. The SMILES string of the molecule is COc1cccc(NC(=O)Nc2nnc(-c3cccc(Cl)c3)s2)c1. The molecule has 0 spiro atoms. The van der Waals surface area contributed by atoms with Crippen LogP contribution in [-0.4, -0.2) is 23.3 Å². The lowest BCUT2D eigenvalue weighted by Crippen LogP contribution is -2.19. The summed E-state index contributed by atoms with van der Waals surface area (Å²) >= 11 is 7.23. The third kappa shape index (κ3) is 4.01. The summed E-state index contributed by atoms with van der Waals surface area (Å²) in [6.07, 6.45) is 0. The van der Waals surface area contributed by atoms with E-state index in [1.807, 2.05) is 12.1 Å². The molecular formula is C16H13ClN4O2S. The number of benzene rings is 2. The van der Waals surface area contributed by atoms with Crippen LogP contribution in [0.25, 0.3) is 10.6 Å². The highest BCUT2D eigenvalue weighted by Gasteiger charge is 2.10. The number of halogens is 1. The third-order valence-corrected chi connectivity index (χ3v) is 4.17. The number of anilines is 2. The molecule has 0 bridgehead atoms. The van der Waals surface area contributed by atoms with Gasteiger partial charge >= 0.3 is 6.03 Å². The highest BCUT2D eigenvalue weighted by molar-refractivity contribution is 7.18. The fourth-order valence-corrected chi connectivity index (χ4v) is 2.90. The molecule has 3 aromatic rings. The number of rotatable bonds is 4. The highest BCUT2D eigenvalue weighted by Crippen LogP contribution is 2.28. The van der Waals surface area contributed by atoms with Gasteiger partial charge in [0.2, 0.25) is 5.13 Å². The molecule has 1 aromatic heterocycles. The van der Waals surface area contributed by atoms with E-state index in [0.717, 1.165) is 5.56 Å². The molecule has 2 amide bonds. The van der Waals surface area contributed by atoms with Crippen molar-refractivity contribution in [1.29, 1.82) is 0 Å². The normalized spacial score (nSPS) is 10.2. The van der Waals surface area contributed by atoms with E-state index in [9.17, 15) is 4.79 Å². The minimum absolute atomic E-state index is 0.394. The number of amides is 2. The number of nitrogens with one attached hydrogen (secondary N) is 2.